The number of esters is 1. The van der Waals surface area contributed by atoms with Crippen molar-refractivity contribution in [1.29, 1.82) is 0 Å². The minimum Gasteiger partial charge on any atom is -0.461 e. The van der Waals surface area contributed by atoms with Crippen LogP contribution in [0, 0.1) is 40.4 Å². The van der Waals surface area contributed by atoms with Crippen LogP contribution in [0.5, 0.6) is 0 Å². The van der Waals surface area contributed by atoms with Gasteiger partial charge in [0.25, 0.3) is 0 Å². The van der Waals surface area contributed by atoms with Crippen molar-refractivity contribution < 1.29 is 19.4 Å². The predicted octanol–water partition coefficient (Wildman–Crippen LogP) is 4.75. The van der Waals surface area contributed by atoms with Crippen molar-refractivity contribution >= 4 is 23.4 Å². The summed E-state index contributed by atoms with van der Waals surface area (Å²) in [6.07, 6.45) is 7.51. The van der Waals surface area contributed by atoms with Crippen LogP contribution in [-0.2, 0) is 14.3 Å². The number of carbonyl (C=O) groups is 2. The first kappa shape index (κ1) is 21.6. The molecule has 0 aromatic heterocycles. The lowest BCUT2D eigenvalue weighted by atomic mass is 9.43. The molecule has 0 heterocycles. The van der Waals surface area contributed by atoms with Crippen molar-refractivity contribution in [1.82, 2.24) is 0 Å². The summed E-state index contributed by atoms with van der Waals surface area (Å²) in [5.74, 6) is 1.64. The Labute approximate surface area is 180 Å². The lowest BCUT2D eigenvalue weighted by molar-refractivity contribution is -0.203. The molecule has 0 spiro atoms. The van der Waals surface area contributed by atoms with Crippen molar-refractivity contribution in [3.8, 4) is 0 Å². The summed E-state index contributed by atoms with van der Waals surface area (Å²) in [7, 11) is 0. The number of fused-ring (bicyclic) bond motifs is 5. The maximum atomic E-state index is 12.5. The smallest absolute Gasteiger partial charge is 0.321 e. The van der Waals surface area contributed by atoms with Gasteiger partial charge in [0.05, 0.1) is 5.60 Å². The van der Waals surface area contributed by atoms with Gasteiger partial charge in [-0.25, -0.2) is 0 Å². The van der Waals surface area contributed by atoms with Crippen LogP contribution in [-0.4, -0.2) is 34.4 Å². The average Bonchev–Trinajstić information content (AvgIpc) is 2.98. The number of aliphatic hydroxyl groups is 1. The molecule has 0 saturated heterocycles. The molecule has 1 N–H and O–H groups in total. The fourth-order valence-corrected chi connectivity index (χ4v) is 8.56. The molecule has 164 valence electrons. The Hall–Kier alpha value is -0.610. The van der Waals surface area contributed by atoms with Gasteiger partial charge in [-0.1, -0.05) is 13.8 Å². The molecule has 0 bridgehead atoms. The molecular weight excluding hydrogens is 388 g/mol. The van der Waals surface area contributed by atoms with E-state index in [4.69, 9.17) is 16.3 Å². The molecule has 9 atom stereocenters. The van der Waals surface area contributed by atoms with E-state index in [0.29, 0.717) is 23.7 Å². The van der Waals surface area contributed by atoms with Gasteiger partial charge in [-0.05, 0) is 93.8 Å². The third-order valence-electron chi connectivity index (χ3n) is 9.74. The zero-order valence-electron chi connectivity index (χ0n) is 18.4. The van der Waals surface area contributed by atoms with Gasteiger partial charge in [-0.2, -0.15) is 0 Å². The third kappa shape index (κ3) is 3.37. The molecule has 4 aliphatic carbocycles. The van der Waals surface area contributed by atoms with Gasteiger partial charge >= 0.3 is 5.97 Å². The minimum atomic E-state index is -0.588. The standard InChI is InChI=1S/C24H37ClO4/c1-14(26)17-7-8-18-16-6-5-15-11-22(2,28)9-10-23(15,3)21(16)19(12-24(17,18)4)29-20(27)13-25/h15-19,21,28H,5-13H2,1-4H3/t15-,16-,17+,18-,19-,21+,22+,23-,24+/m0/s1. The summed E-state index contributed by atoms with van der Waals surface area (Å²) in [4.78, 5) is 24.7. The van der Waals surface area contributed by atoms with Gasteiger partial charge in [-0.3, -0.25) is 9.59 Å². The molecule has 4 rings (SSSR count). The van der Waals surface area contributed by atoms with E-state index < -0.39 is 5.60 Å². The first-order valence-corrected chi connectivity index (χ1v) is 12.0. The molecule has 0 radical (unpaired) electrons. The third-order valence-corrected chi connectivity index (χ3v) is 9.96. The van der Waals surface area contributed by atoms with E-state index >= 15 is 0 Å². The molecule has 4 fully saturated rings. The highest BCUT2D eigenvalue weighted by Crippen LogP contribution is 2.68. The second-order valence-corrected chi connectivity index (χ2v) is 11.7. The highest BCUT2D eigenvalue weighted by Gasteiger charge is 2.65. The molecule has 4 aliphatic rings. The van der Waals surface area contributed by atoms with Gasteiger partial charge in [0, 0.05) is 11.8 Å². The van der Waals surface area contributed by atoms with Crippen LogP contribution in [0.4, 0.5) is 0 Å². The lowest BCUT2D eigenvalue weighted by Gasteiger charge is -2.63. The van der Waals surface area contributed by atoms with E-state index in [1.807, 2.05) is 6.92 Å². The molecule has 5 heteroatoms. The Balaban J connectivity index is 1.72. The molecule has 0 unspecified atom stereocenters. The number of hydrogen-bond acceptors (Lipinski definition) is 4. The monoisotopic (exact) mass is 424 g/mol. The lowest BCUT2D eigenvalue weighted by Crippen LogP contribution is -2.61. The van der Waals surface area contributed by atoms with Crippen LogP contribution in [0.15, 0.2) is 0 Å². The number of ketones is 1. The van der Waals surface area contributed by atoms with Crippen LogP contribution < -0.4 is 0 Å². The number of alkyl halides is 1. The maximum Gasteiger partial charge on any atom is 0.321 e. The van der Waals surface area contributed by atoms with Gasteiger partial charge in [0.2, 0.25) is 0 Å². The summed E-state index contributed by atoms with van der Waals surface area (Å²) < 4.78 is 6.03. The summed E-state index contributed by atoms with van der Waals surface area (Å²) in [6, 6.07) is 0. The SMILES string of the molecule is CC(=O)[C@H]1CC[C@H]2[C@@H]3CC[C@H]4C[C@](C)(O)CC[C@]4(C)[C@H]3[C@@H](OC(=O)CCl)C[C@]12C. The number of hydrogen-bond donors (Lipinski definition) is 1. The first-order chi connectivity index (χ1) is 13.5. The van der Waals surface area contributed by atoms with E-state index in [9.17, 15) is 14.7 Å². The number of halogens is 1. The van der Waals surface area contributed by atoms with Crippen molar-refractivity contribution in [2.45, 2.75) is 90.8 Å². The quantitative estimate of drug-likeness (QED) is 0.524. The summed E-state index contributed by atoms with van der Waals surface area (Å²) >= 11 is 5.82. The van der Waals surface area contributed by atoms with E-state index in [1.165, 1.54) is 0 Å². The van der Waals surface area contributed by atoms with Crippen molar-refractivity contribution in [3.05, 3.63) is 0 Å². The second-order valence-electron chi connectivity index (χ2n) is 11.4. The molecule has 0 aromatic rings. The Morgan fingerprint density at radius 1 is 1.03 bits per heavy atom. The van der Waals surface area contributed by atoms with Crippen molar-refractivity contribution in [2.75, 3.05) is 5.88 Å². The predicted molar refractivity (Wildman–Crippen MR) is 113 cm³/mol. The number of ether oxygens (including phenoxy) is 1. The van der Waals surface area contributed by atoms with Crippen LogP contribution in [0.1, 0.15) is 79.1 Å². The number of rotatable bonds is 3. The molecule has 4 saturated carbocycles. The van der Waals surface area contributed by atoms with Crippen molar-refractivity contribution in [2.24, 2.45) is 40.4 Å². The Morgan fingerprint density at radius 3 is 2.41 bits per heavy atom. The Kier molecular flexibility index (Phi) is 5.38. The van der Waals surface area contributed by atoms with Crippen LogP contribution >= 0.6 is 11.6 Å². The van der Waals surface area contributed by atoms with Gasteiger partial charge < -0.3 is 9.84 Å². The van der Waals surface area contributed by atoms with E-state index in [-0.39, 0.29) is 40.5 Å². The largest absolute Gasteiger partial charge is 0.461 e. The summed E-state index contributed by atoms with van der Waals surface area (Å²) in [5, 5.41) is 10.7. The second kappa shape index (κ2) is 7.22. The highest BCUT2D eigenvalue weighted by molar-refractivity contribution is 6.26. The Bertz CT molecular complexity index is 690. The summed E-state index contributed by atoms with van der Waals surface area (Å²) in [5.41, 5.74) is -0.610. The zero-order valence-corrected chi connectivity index (χ0v) is 19.1. The molecule has 4 nitrogen and oxygen atoms in total. The topological polar surface area (TPSA) is 63.6 Å². The first-order valence-electron chi connectivity index (χ1n) is 11.5. The Morgan fingerprint density at radius 2 is 1.76 bits per heavy atom. The fourth-order valence-electron chi connectivity index (χ4n) is 8.50. The maximum absolute atomic E-state index is 12.5. The summed E-state index contributed by atoms with van der Waals surface area (Å²) in [6.45, 7) is 8.35. The van der Waals surface area contributed by atoms with Gasteiger partial charge in [0.1, 0.15) is 17.8 Å². The van der Waals surface area contributed by atoms with Crippen LogP contribution in [0.25, 0.3) is 0 Å². The van der Waals surface area contributed by atoms with Crippen molar-refractivity contribution in [3.63, 3.8) is 0 Å². The highest BCUT2D eigenvalue weighted by atomic mass is 35.5. The molecule has 0 aliphatic heterocycles. The average molecular weight is 425 g/mol. The number of carbonyl (C=O) groups excluding carboxylic acids is 2. The number of Topliss-reactive ketones (excluding diaryl/α,β-unsaturated/α-hetero) is 1. The molecule has 0 amide bonds. The normalized spacial score (nSPS) is 51.5. The van der Waals surface area contributed by atoms with Crippen LogP contribution in [0.3, 0.4) is 0 Å². The van der Waals surface area contributed by atoms with Gasteiger partial charge in [0.15, 0.2) is 0 Å². The molecule has 29 heavy (non-hydrogen) atoms. The minimum absolute atomic E-state index is 0.0675. The van der Waals surface area contributed by atoms with Crippen LogP contribution in [0.2, 0.25) is 0 Å². The van der Waals surface area contributed by atoms with E-state index in [0.717, 1.165) is 51.4 Å². The van der Waals surface area contributed by atoms with Gasteiger partial charge in [-0.15, -0.1) is 11.6 Å². The van der Waals surface area contributed by atoms with E-state index in [1.54, 1.807) is 6.92 Å². The zero-order chi connectivity index (χ0) is 21.2. The fraction of sp³-hybridized carbons (Fsp3) is 0.917. The van der Waals surface area contributed by atoms with E-state index in [2.05, 4.69) is 13.8 Å². The molecular formula is C24H37ClO4. The molecule has 0 aromatic carbocycles.